The van der Waals surface area contributed by atoms with Gasteiger partial charge in [0.15, 0.2) is 16.6 Å². The third-order valence-corrected chi connectivity index (χ3v) is 14.1. The van der Waals surface area contributed by atoms with Crippen LogP contribution in [0.15, 0.2) is 24.3 Å². The molecule has 0 aromatic rings. The zero-order valence-electron chi connectivity index (χ0n) is 16.5. The summed E-state index contributed by atoms with van der Waals surface area (Å²) in [5, 5.41) is 0.543. The van der Waals surface area contributed by atoms with Gasteiger partial charge in [-0.2, -0.15) is 0 Å². The van der Waals surface area contributed by atoms with Crippen LogP contribution in [-0.2, 0) is 8.85 Å². The van der Waals surface area contributed by atoms with Crippen LogP contribution in [0.1, 0.15) is 41.5 Å². The van der Waals surface area contributed by atoms with Gasteiger partial charge in [0.1, 0.15) is 0 Å². The van der Waals surface area contributed by atoms with E-state index in [9.17, 15) is 0 Å². The minimum atomic E-state index is -1.62. The van der Waals surface area contributed by atoms with Gasteiger partial charge in [-0.3, -0.25) is 0 Å². The maximum Gasteiger partial charge on any atom is 0.192 e. The molecule has 0 saturated carbocycles. The molecule has 0 aromatic carbocycles. The van der Waals surface area contributed by atoms with Crippen molar-refractivity contribution in [3.05, 3.63) is 24.3 Å². The van der Waals surface area contributed by atoms with Crippen molar-refractivity contribution < 1.29 is 8.85 Å². The largest absolute Gasteiger partial charge is 0.413 e. The molecule has 0 rings (SSSR count). The van der Waals surface area contributed by atoms with Crippen molar-refractivity contribution in [2.75, 3.05) is 13.2 Å². The quantitative estimate of drug-likeness (QED) is 0.408. The lowest BCUT2D eigenvalue weighted by Crippen LogP contribution is -2.40. The second kappa shape index (κ2) is 8.09. The van der Waals surface area contributed by atoms with E-state index in [2.05, 4.69) is 92.0 Å². The summed E-state index contributed by atoms with van der Waals surface area (Å²) in [5.74, 6) is 0. The molecule has 130 valence electrons. The Labute approximate surface area is 141 Å². The van der Waals surface area contributed by atoms with Crippen LogP contribution in [0.25, 0.3) is 0 Å². The van der Waals surface area contributed by atoms with Gasteiger partial charge in [-0.05, 0) is 36.3 Å². The minimum Gasteiger partial charge on any atom is -0.413 e. The van der Waals surface area contributed by atoms with Crippen LogP contribution in [0.4, 0.5) is 0 Å². The normalized spacial score (nSPS) is 15.2. The molecule has 0 N–H and O–H groups in total. The van der Waals surface area contributed by atoms with Crippen molar-refractivity contribution in [3.8, 4) is 0 Å². The monoisotopic (exact) mass is 342 g/mol. The maximum absolute atomic E-state index is 6.09. The van der Waals surface area contributed by atoms with Crippen LogP contribution in [0, 0.1) is 0 Å². The fraction of sp³-hybridized carbons (Fsp3) is 0.778. The molecule has 0 saturated heterocycles. The third kappa shape index (κ3) is 7.40. The van der Waals surface area contributed by atoms with Gasteiger partial charge in [-0.1, -0.05) is 65.8 Å². The molecule has 0 amide bonds. The zero-order valence-corrected chi connectivity index (χ0v) is 18.5. The molecule has 0 heterocycles. The van der Waals surface area contributed by atoms with Gasteiger partial charge in [-0.25, -0.2) is 0 Å². The average Bonchev–Trinajstić information content (AvgIpc) is 2.29. The van der Waals surface area contributed by atoms with Crippen molar-refractivity contribution in [3.63, 3.8) is 0 Å². The first-order chi connectivity index (χ1) is 9.71. The molecular formula is C18H38O2Si2. The summed E-state index contributed by atoms with van der Waals surface area (Å²) in [4.78, 5) is 0. The van der Waals surface area contributed by atoms with Crippen molar-refractivity contribution in [2.24, 2.45) is 0 Å². The van der Waals surface area contributed by atoms with Crippen molar-refractivity contribution in [2.45, 2.75) is 77.8 Å². The zero-order chi connectivity index (χ0) is 17.7. The first kappa shape index (κ1) is 21.8. The SMILES string of the molecule is CC(C)(C)[Si](C)(C)OCC=CC=CCO[Si](C)(C)C(C)(C)C. The topological polar surface area (TPSA) is 18.5 Å². The van der Waals surface area contributed by atoms with Gasteiger partial charge < -0.3 is 8.85 Å². The summed E-state index contributed by atoms with van der Waals surface area (Å²) in [5.41, 5.74) is 0. The van der Waals surface area contributed by atoms with E-state index in [1.165, 1.54) is 0 Å². The highest BCUT2D eigenvalue weighted by Crippen LogP contribution is 2.37. The molecule has 0 bridgehead atoms. The highest BCUT2D eigenvalue weighted by molar-refractivity contribution is 6.74. The number of hydrogen-bond donors (Lipinski definition) is 0. The Morgan fingerprint density at radius 1 is 0.636 bits per heavy atom. The van der Waals surface area contributed by atoms with E-state index >= 15 is 0 Å². The number of hydrogen-bond acceptors (Lipinski definition) is 2. The van der Waals surface area contributed by atoms with Gasteiger partial charge >= 0.3 is 0 Å². The molecule has 22 heavy (non-hydrogen) atoms. The second-order valence-electron chi connectivity index (χ2n) is 9.00. The van der Waals surface area contributed by atoms with Crippen LogP contribution < -0.4 is 0 Å². The summed E-state index contributed by atoms with van der Waals surface area (Å²) in [6.07, 6.45) is 8.29. The summed E-state index contributed by atoms with van der Waals surface area (Å²) in [6, 6.07) is 0. The van der Waals surface area contributed by atoms with Gasteiger partial charge in [0.2, 0.25) is 0 Å². The maximum atomic E-state index is 6.09. The smallest absolute Gasteiger partial charge is 0.192 e. The van der Waals surface area contributed by atoms with Crippen molar-refractivity contribution >= 4 is 16.6 Å². The van der Waals surface area contributed by atoms with E-state index in [1.54, 1.807) is 0 Å². The Kier molecular flexibility index (Phi) is 8.03. The Morgan fingerprint density at radius 3 is 1.14 bits per heavy atom. The van der Waals surface area contributed by atoms with Gasteiger partial charge in [0, 0.05) is 0 Å². The summed E-state index contributed by atoms with van der Waals surface area (Å²) < 4.78 is 12.2. The van der Waals surface area contributed by atoms with Crippen LogP contribution in [0.3, 0.4) is 0 Å². The van der Waals surface area contributed by atoms with Crippen molar-refractivity contribution in [1.29, 1.82) is 0 Å². The number of rotatable bonds is 7. The minimum absolute atomic E-state index is 0.272. The highest BCUT2D eigenvalue weighted by atomic mass is 28.4. The molecule has 0 aromatic heterocycles. The Morgan fingerprint density at radius 2 is 0.909 bits per heavy atom. The first-order valence-corrected chi connectivity index (χ1v) is 14.1. The Hall–Kier alpha value is -0.166. The summed E-state index contributed by atoms with van der Waals surface area (Å²) in [7, 11) is -3.24. The van der Waals surface area contributed by atoms with Gasteiger partial charge in [-0.15, -0.1) is 0 Å². The standard InChI is InChI=1S/C18H38O2Si2/c1-17(2,3)21(7,8)19-15-13-11-12-14-16-20-22(9,10)18(4,5)6/h11-14H,15-16H2,1-10H3. The molecule has 0 unspecified atom stereocenters. The van der Waals surface area contributed by atoms with E-state index in [-0.39, 0.29) is 10.1 Å². The molecule has 0 atom stereocenters. The van der Waals surface area contributed by atoms with Gasteiger partial charge in [0.25, 0.3) is 0 Å². The van der Waals surface area contributed by atoms with E-state index in [4.69, 9.17) is 8.85 Å². The lowest BCUT2D eigenvalue weighted by molar-refractivity contribution is 0.327. The van der Waals surface area contributed by atoms with E-state index in [0.717, 1.165) is 0 Å². The molecule has 0 radical (unpaired) electrons. The molecule has 0 fully saturated rings. The molecule has 2 nitrogen and oxygen atoms in total. The lowest BCUT2D eigenvalue weighted by atomic mass is 10.2. The van der Waals surface area contributed by atoms with Crippen LogP contribution in [0.2, 0.25) is 36.3 Å². The number of allylic oxidation sites excluding steroid dienone is 2. The predicted octanol–water partition coefficient (Wildman–Crippen LogP) is 6.14. The van der Waals surface area contributed by atoms with E-state index in [0.29, 0.717) is 13.2 Å². The first-order valence-electron chi connectivity index (χ1n) is 8.30. The predicted molar refractivity (Wildman–Crippen MR) is 105 cm³/mol. The summed E-state index contributed by atoms with van der Waals surface area (Å²) >= 11 is 0. The van der Waals surface area contributed by atoms with Crippen LogP contribution in [-0.4, -0.2) is 29.8 Å². The lowest BCUT2D eigenvalue weighted by Gasteiger charge is -2.35. The molecule has 0 aliphatic rings. The van der Waals surface area contributed by atoms with Gasteiger partial charge in [0.05, 0.1) is 13.2 Å². The molecule has 4 heteroatoms. The molecular weight excluding hydrogens is 304 g/mol. The highest BCUT2D eigenvalue weighted by Gasteiger charge is 2.37. The Bertz CT molecular complexity index is 345. The van der Waals surface area contributed by atoms with E-state index in [1.807, 2.05) is 0 Å². The molecule has 0 spiro atoms. The average molecular weight is 343 g/mol. The van der Waals surface area contributed by atoms with Crippen LogP contribution >= 0.6 is 0 Å². The summed E-state index contributed by atoms with van der Waals surface area (Å²) in [6.45, 7) is 24.1. The Balaban J connectivity index is 4.11. The van der Waals surface area contributed by atoms with E-state index < -0.39 is 16.6 Å². The fourth-order valence-corrected chi connectivity index (χ4v) is 3.11. The fourth-order valence-electron chi connectivity index (χ4n) is 1.21. The molecule has 0 aliphatic carbocycles. The molecule has 0 aliphatic heterocycles. The van der Waals surface area contributed by atoms with Crippen molar-refractivity contribution in [1.82, 2.24) is 0 Å². The van der Waals surface area contributed by atoms with Crippen LogP contribution in [0.5, 0.6) is 0 Å². The second-order valence-corrected chi connectivity index (χ2v) is 18.6. The third-order valence-electron chi connectivity index (χ3n) is 5.08.